The molecule has 0 aliphatic carbocycles. The van der Waals surface area contributed by atoms with E-state index in [9.17, 15) is 0 Å². The van der Waals surface area contributed by atoms with Crippen LogP contribution in [0.1, 0.15) is 24.1 Å². The van der Waals surface area contributed by atoms with Crippen molar-refractivity contribution >= 4 is 15.9 Å². The van der Waals surface area contributed by atoms with Gasteiger partial charge in [-0.3, -0.25) is 0 Å². The SMILES string of the molecule is C[C@@H](N)c1ccccc1OCc1ccc(Br)cc1. The van der Waals surface area contributed by atoms with E-state index >= 15 is 0 Å². The first-order chi connectivity index (χ1) is 8.66. The number of hydrogen-bond donors (Lipinski definition) is 1. The standard InChI is InChI=1S/C15H16BrNO/c1-11(17)14-4-2-3-5-15(14)18-10-12-6-8-13(16)9-7-12/h2-9,11H,10,17H2,1H3/t11-/m1/s1. The first kappa shape index (κ1) is 13.1. The summed E-state index contributed by atoms with van der Waals surface area (Å²) >= 11 is 3.41. The molecule has 2 aromatic rings. The van der Waals surface area contributed by atoms with Crippen molar-refractivity contribution in [2.75, 3.05) is 0 Å². The Labute approximate surface area is 116 Å². The minimum atomic E-state index is -0.0221. The van der Waals surface area contributed by atoms with Gasteiger partial charge in [0, 0.05) is 16.1 Å². The van der Waals surface area contributed by atoms with Crippen LogP contribution in [0.2, 0.25) is 0 Å². The van der Waals surface area contributed by atoms with E-state index in [2.05, 4.69) is 15.9 Å². The molecule has 2 N–H and O–H groups in total. The zero-order valence-corrected chi connectivity index (χ0v) is 11.9. The lowest BCUT2D eigenvalue weighted by molar-refractivity contribution is 0.301. The minimum Gasteiger partial charge on any atom is -0.489 e. The molecule has 18 heavy (non-hydrogen) atoms. The Hall–Kier alpha value is -1.32. The van der Waals surface area contributed by atoms with Crippen LogP contribution in [0.4, 0.5) is 0 Å². The van der Waals surface area contributed by atoms with Crippen molar-refractivity contribution < 1.29 is 4.74 Å². The van der Waals surface area contributed by atoms with E-state index in [1.54, 1.807) is 0 Å². The molecule has 0 heterocycles. The molecular formula is C15H16BrNO. The molecule has 0 spiro atoms. The fourth-order valence-corrected chi connectivity index (χ4v) is 1.99. The molecule has 0 saturated carbocycles. The lowest BCUT2D eigenvalue weighted by Crippen LogP contribution is -2.07. The Balaban J connectivity index is 2.08. The normalized spacial score (nSPS) is 12.2. The highest BCUT2D eigenvalue weighted by Crippen LogP contribution is 2.24. The highest BCUT2D eigenvalue weighted by molar-refractivity contribution is 9.10. The average molecular weight is 306 g/mol. The van der Waals surface area contributed by atoms with Crippen molar-refractivity contribution in [1.29, 1.82) is 0 Å². The van der Waals surface area contributed by atoms with Gasteiger partial charge in [-0.1, -0.05) is 46.3 Å². The number of rotatable bonds is 4. The molecular weight excluding hydrogens is 290 g/mol. The summed E-state index contributed by atoms with van der Waals surface area (Å²) < 4.78 is 6.90. The maximum atomic E-state index is 5.92. The summed E-state index contributed by atoms with van der Waals surface area (Å²) in [5.74, 6) is 0.857. The molecule has 1 atom stereocenters. The van der Waals surface area contributed by atoms with E-state index < -0.39 is 0 Å². The van der Waals surface area contributed by atoms with Gasteiger partial charge >= 0.3 is 0 Å². The average Bonchev–Trinajstić information content (AvgIpc) is 2.38. The molecule has 0 aliphatic rings. The summed E-state index contributed by atoms with van der Waals surface area (Å²) in [6, 6.07) is 16.0. The monoisotopic (exact) mass is 305 g/mol. The van der Waals surface area contributed by atoms with Gasteiger partial charge in [0.15, 0.2) is 0 Å². The van der Waals surface area contributed by atoms with Gasteiger partial charge in [-0.15, -0.1) is 0 Å². The molecule has 0 fully saturated rings. The minimum absolute atomic E-state index is 0.0221. The molecule has 94 valence electrons. The second-order valence-corrected chi connectivity index (χ2v) is 5.16. The van der Waals surface area contributed by atoms with Crippen molar-refractivity contribution in [3.8, 4) is 5.75 Å². The molecule has 3 heteroatoms. The molecule has 0 amide bonds. The Morgan fingerprint density at radius 2 is 1.78 bits per heavy atom. The molecule has 0 radical (unpaired) electrons. The Kier molecular flexibility index (Phi) is 4.39. The van der Waals surface area contributed by atoms with Crippen LogP contribution in [0.15, 0.2) is 53.0 Å². The second kappa shape index (κ2) is 6.03. The van der Waals surface area contributed by atoms with Gasteiger partial charge in [-0.25, -0.2) is 0 Å². The zero-order chi connectivity index (χ0) is 13.0. The van der Waals surface area contributed by atoms with Gasteiger partial charge < -0.3 is 10.5 Å². The molecule has 2 rings (SSSR count). The summed E-state index contributed by atoms with van der Waals surface area (Å²) in [4.78, 5) is 0. The van der Waals surface area contributed by atoms with Crippen LogP contribution in [-0.2, 0) is 6.61 Å². The van der Waals surface area contributed by atoms with Crippen molar-refractivity contribution in [3.05, 3.63) is 64.1 Å². The first-order valence-corrected chi connectivity index (χ1v) is 6.68. The molecule has 2 nitrogen and oxygen atoms in total. The largest absolute Gasteiger partial charge is 0.489 e. The van der Waals surface area contributed by atoms with Crippen LogP contribution in [0.3, 0.4) is 0 Å². The fourth-order valence-electron chi connectivity index (χ4n) is 1.73. The fraction of sp³-hybridized carbons (Fsp3) is 0.200. The Bertz CT molecular complexity index is 508. The van der Waals surface area contributed by atoms with E-state index in [1.165, 1.54) is 0 Å². The smallest absolute Gasteiger partial charge is 0.124 e. The summed E-state index contributed by atoms with van der Waals surface area (Å²) in [6.07, 6.45) is 0. The Morgan fingerprint density at radius 1 is 1.11 bits per heavy atom. The number of para-hydroxylation sites is 1. The third-order valence-corrected chi connectivity index (χ3v) is 3.25. The van der Waals surface area contributed by atoms with Crippen molar-refractivity contribution in [2.45, 2.75) is 19.6 Å². The van der Waals surface area contributed by atoms with Crippen molar-refractivity contribution in [2.24, 2.45) is 5.73 Å². The summed E-state index contributed by atoms with van der Waals surface area (Å²) in [5.41, 5.74) is 8.09. The molecule has 0 aromatic heterocycles. The van der Waals surface area contributed by atoms with Gasteiger partial charge in [-0.05, 0) is 30.7 Å². The highest BCUT2D eigenvalue weighted by Gasteiger charge is 2.06. The number of hydrogen-bond acceptors (Lipinski definition) is 2. The van der Waals surface area contributed by atoms with E-state index in [1.807, 2.05) is 55.5 Å². The molecule has 0 aliphatic heterocycles. The van der Waals surface area contributed by atoms with Crippen LogP contribution < -0.4 is 10.5 Å². The quantitative estimate of drug-likeness (QED) is 0.925. The summed E-state index contributed by atoms with van der Waals surface area (Å²) in [7, 11) is 0. The van der Waals surface area contributed by atoms with Crippen LogP contribution >= 0.6 is 15.9 Å². The first-order valence-electron chi connectivity index (χ1n) is 5.88. The molecule has 0 bridgehead atoms. The number of ether oxygens (including phenoxy) is 1. The number of nitrogens with two attached hydrogens (primary N) is 1. The maximum Gasteiger partial charge on any atom is 0.124 e. The van der Waals surface area contributed by atoms with Gasteiger partial charge in [0.05, 0.1) is 0 Å². The predicted molar refractivity (Wildman–Crippen MR) is 77.5 cm³/mol. The van der Waals surface area contributed by atoms with Crippen molar-refractivity contribution in [3.63, 3.8) is 0 Å². The number of benzene rings is 2. The lowest BCUT2D eigenvalue weighted by atomic mass is 10.1. The topological polar surface area (TPSA) is 35.2 Å². The van der Waals surface area contributed by atoms with E-state index in [0.29, 0.717) is 6.61 Å². The lowest BCUT2D eigenvalue weighted by Gasteiger charge is -2.13. The van der Waals surface area contributed by atoms with E-state index in [-0.39, 0.29) is 6.04 Å². The van der Waals surface area contributed by atoms with Crippen LogP contribution in [-0.4, -0.2) is 0 Å². The maximum absolute atomic E-state index is 5.92. The van der Waals surface area contributed by atoms with Gasteiger partial charge in [-0.2, -0.15) is 0 Å². The summed E-state index contributed by atoms with van der Waals surface area (Å²) in [5, 5.41) is 0. The second-order valence-electron chi connectivity index (χ2n) is 4.24. The van der Waals surface area contributed by atoms with Crippen LogP contribution in [0, 0.1) is 0 Å². The van der Waals surface area contributed by atoms with Gasteiger partial charge in [0.1, 0.15) is 12.4 Å². The predicted octanol–water partition coefficient (Wildman–Crippen LogP) is 4.05. The molecule has 2 aromatic carbocycles. The van der Waals surface area contributed by atoms with Crippen LogP contribution in [0.5, 0.6) is 5.75 Å². The number of halogens is 1. The van der Waals surface area contributed by atoms with Crippen molar-refractivity contribution in [1.82, 2.24) is 0 Å². The third-order valence-electron chi connectivity index (χ3n) is 2.72. The third kappa shape index (κ3) is 3.34. The van der Waals surface area contributed by atoms with Gasteiger partial charge in [0.2, 0.25) is 0 Å². The molecule has 0 saturated heterocycles. The van der Waals surface area contributed by atoms with Gasteiger partial charge in [0.25, 0.3) is 0 Å². The molecule has 0 unspecified atom stereocenters. The highest BCUT2D eigenvalue weighted by atomic mass is 79.9. The summed E-state index contributed by atoms with van der Waals surface area (Å²) in [6.45, 7) is 2.51. The van der Waals surface area contributed by atoms with E-state index in [0.717, 1.165) is 21.3 Å². The van der Waals surface area contributed by atoms with Crippen LogP contribution in [0.25, 0.3) is 0 Å². The Morgan fingerprint density at radius 3 is 2.44 bits per heavy atom. The van der Waals surface area contributed by atoms with E-state index in [4.69, 9.17) is 10.5 Å². The zero-order valence-electron chi connectivity index (χ0n) is 10.3.